The van der Waals surface area contributed by atoms with Crippen molar-refractivity contribution in [3.8, 4) is 0 Å². The summed E-state index contributed by atoms with van der Waals surface area (Å²) in [6.07, 6.45) is -0.206. The molecule has 0 bridgehead atoms. The number of hydrogen-bond acceptors (Lipinski definition) is 4. The molecule has 114 valence electrons. The van der Waals surface area contributed by atoms with Crippen molar-refractivity contribution < 1.29 is 24.2 Å². The van der Waals surface area contributed by atoms with Gasteiger partial charge in [0, 0.05) is 12.1 Å². The third-order valence-corrected chi connectivity index (χ3v) is 2.69. The summed E-state index contributed by atoms with van der Waals surface area (Å²) in [5, 5.41) is 11.5. The fourth-order valence-corrected chi connectivity index (χ4v) is 1.57. The molecule has 1 unspecified atom stereocenters. The summed E-state index contributed by atoms with van der Waals surface area (Å²) in [6.45, 7) is 5.28. The number of esters is 1. The lowest BCUT2D eigenvalue weighted by molar-refractivity contribution is -0.151. The molecule has 1 amide bonds. The van der Waals surface area contributed by atoms with E-state index in [4.69, 9.17) is 9.84 Å². The van der Waals surface area contributed by atoms with Gasteiger partial charge in [-0.3, -0.25) is 9.59 Å². The van der Waals surface area contributed by atoms with Crippen molar-refractivity contribution in [1.82, 2.24) is 5.32 Å². The lowest BCUT2D eigenvalue weighted by atomic mass is 10.1. The molecule has 2 N–H and O–H groups in total. The van der Waals surface area contributed by atoms with Crippen molar-refractivity contribution in [1.29, 1.82) is 0 Å². The number of carboxylic acids is 1. The first-order valence-electron chi connectivity index (χ1n) is 6.63. The average molecular weight is 293 g/mol. The van der Waals surface area contributed by atoms with E-state index >= 15 is 0 Å². The molecule has 0 saturated heterocycles. The van der Waals surface area contributed by atoms with Gasteiger partial charge in [0.05, 0.1) is 17.6 Å². The molecule has 0 heterocycles. The van der Waals surface area contributed by atoms with E-state index in [2.05, 4.69) is 5.32 Å². The van der Waals surface area contributed by atoms with Crippen LogP contribution in [0.25, 0.3) is 0 Å². The van der Waals surface area contributed by atoms with E-state index in [-0.39, 0.29) is 29.7 Å². The highest BCUT2D eigenvalue weighted by atomic mass is 16.5. The Morgan fingerprint density at radius 3 is 2.38 bits per heavy atom. The quantitative estimate of drug-likeness (QED) is 0.779. The highest BCUT2D eigenvalue weighted by Gasteiger charge is 2.17. The van der Waals surface area contributed by atoms with Crippen LogP contribution in [0, 0.1) is 5.92 Å². The molecule has 0 aliphatic carbocycles. The van der Waals surface area contributed by atoms with Gasteiger partial charge >= 0.3 is 11.9 Å². The van der Waals surface area contributed by atoms with Gasteiger partial charge in [0.25, 0.3) is 5.91 Å². The number of rotatable bonds is 6. The monoisotopic (exact) mass is 293 g/mol. The topological polar surface area (TPSA) is 92.7 Å². The summed E-state index contributed by atoms with van der Waals surface area (Å²) >= 11 is 0. The van der Waals surface area contributed by atoms with Crippen molar-refractivity contribution in [2.45, 2.75) is 26.9 Å². The molecule has 0 aromatic heterocycles. The number of carboxylic acid groups (broad SMARTS) is 1. The lowest BCUT2D eigenvalue weighted by Crippen LogP contribution is -2.33. The molecule has 0 aliphatic heterocycles. The van der Waals surface area contributed by atoms with Gasteiger partial charge in [-0.2, -0.15) is 0 Å². The number of aromatic carboxylic acids is 1. The van der Waals surface area contributed by atoms with Crippen LogP contribution in [-0.4, -0.2) is 35.6 Å². The zero-order valence-electron chi connectivity index (χ0n) is 12.3. The number of carbonyl (C=O) groups excluding carboxylic acids is 2. The van der Waals surface area contributed by atoms with Crippen molar-refractivity contribution in [3.05, 3.63) is 35.4 Å². The third-order valence-electron chi connectivity index (χ3n) is 2.69. The van der Waals surface area contributed by atoms with E-state index in [1.807, 2.05) is 0 Å². The lowest BCUT2D eigenvalue weighted by Gasteiger charge is -2.14. The first-order valence-corrected chi connectivity index (χ1v) is 6.63. The molecule has 6 nitrogen and oxygen atoms in total. The van der Waals surface area contributed by atoms with Gasteiger partial charge in [0.1, 0.15) is 0 Å². The smallest absolute Gasteiger partial charge is 0.335 e. The molecular weight excluding hydrogens is 274 g/mol. The second kappa shape index (κ2) is 7.42. The Kier molecular flexibility index (Phi) is 5.90. The van der Waals surface area contributed by atoms with Gasteiger partial charge in [-0.15, -0.1) is 0 Å². The number of hydrogen-bond donors (Lipinski definition) is 2. The molecule has 1 aromatic carbocycles. The summed E-state index contributed by atoms with van der Waals surface area (Å²) in [6, 6.07) is 5.70. The SMILES string of the molecule is CC(C)OC(=O)C(C)CNC(=O)c1cccc(C(=O)O)c1. The molecule has 1 atom stereocenters. The van der Waals surface area contributed by atoms with Crippen LogP contribution in [0.3, 0.4) is 0 Å². The molecule has 0 radical (unpaired) electrons. The largest absolute Gasteiger partial charge is 0.478 e. The van der Waals surface area contributed by atoms with Crippen LogP contribution < -0.4 is 5.32 Å². The van der Waals surface area contributed by atoms with Gasteiger partial charge in [-0.25, -0.2) is 4.79 Å². The minimum absolute atomic E-state index is 0.0370. The zero-order chi connectivity index (χ0) is 16.0. The van der Waals surface area contributed by atoms with Crippen LogP contribution in [0.5, 0.6) is 0 Å². The van der Waals surface area contributed by atoms with E-state index in [1.54, 1.807) is 20.8 Å². The standard InChI is InChI=1S/C15H19NO5/c1-9(2)21-15(20)10(3)8-16-13(17)11-5-4-6-12(7-11)14(18)19/h4-7,9-10H,8H2,1-3H3,(H,16,17)(H,18,19). The molecule has 1 rings (SSSR count). The summed E-state index contributed by atoms with van der Waals surface area (Å²) in [5.74, 6) is -2.38. The van der Waals surface area contributed by atoms with Gasteiger partial charge in [-0.1, -0.05) is 13.0 Å². The molecule has 0 aliphatic rings. The number of carbonyl (C=O) groups is 3. The van der Waals surface area contributed by atoms with Crippen LogP contribution >= 0.6 is 0 Å². The second-order valence-corrected chi connectivity index (χ2v) is 4.98. The van der Waals surface area contributed by atoms with E-state index in [1.165, 1.54) is 24.3 Å². The Bertz CT molecular complexity index is 539. The first kappa shape index (κ1) is 16.7. The van der Waals surface area contributed by atoms with Gasteiger partial charge in [0.2, 0.25) is 0 Å². The highest BCUT2D eigenvalue weighted by molar-refractivity contribution is 5.97. The van der Waals surface area contributed by atoms with Crippen LogP contribution in [-0.2, 0) is 9.53 Å². The average Bonchev–Trinajstić information content (AvgIpc) is 2.43. The van der Waals surface area contributed by atoms with Crippen LogP contribution in [0.2, 0.25) is 0 Å². The second-order valence-electron chi connectivity index (χ2n) is 4.98. The summed E-state index contributed by atoms with van der Waals surface area (Å²) < 4.78 is 5.03. The van der Waals surface area contributed by atoms with Crippen LogP contribution in [0.4, 0.5) is 0 Å². The van der Waals surface area contributed by atoms with Crippen LogP contribution in [0.1, 0.15) is 41.5 Å². The maximum Gasteiger partial charge on any atom is 0.335 e. The Morgan fingerprint density at radius 1 is 1.19 bits per heavy atom. The predicted molar refractivity (Wildman–Crippen MR) is 76.1 cm³/mol. The minimum Gasteiger partial charge on any atom is -0.478 e. The summed E-state index contributed by atoms with van der Waals surface area (Å²) in [5.41, 5.74) is 0.272. The van der Waals surface area contributed by atoms with Crippen LogP contribution in [0.15, 0.2) is 24.3 Å². The molecule has 0 saturated carbocycles. The van der Waals surface area contributed by atoms with Gasteiger partial charge < -0.3 is 15.2 Å². The van der Waals surface area contributed by atoms with E-state index < -0.39 is 17.8 Å². The summed E-state index contributed by atoms with van der Waals surface area (Å²) in [4.78, 5) is 34.3. The number of amides is 1. The molecule has 21 heavy (non-hydrogen) atoms. The molecule has 6 heteroatoms. The normalized spacial score (nSPS) is 11.8. The fourth-order valence-electron chi connectivity index (χ4n) is 1.57. The number of ether oxygens (including phenoxy) is 1. The fraction of sp³-hybridized carbons (Fsp3) is 0.400. The molecule has 0 fully saturated rings. The highest BCUT2D eigenvalue weighted by Crippen LogP contribution is 2.06. The van der Waals surface area contributed by atoms with Crippen molar-refractivity contribution in [2.75, 3.05) is 6.54 Å². The van der Waals surface area contributed by atoms with Crippen molar-refractivity contribution in [2.24, 2.45) is 5.92 Å². The van der Waals surface area contributed by atoms with Crippen molar-refractivity contribution >= 4 is 17.8 Å². The van der Waals surface area contributed by atoms with E-state index in [0.717, 1.165) is 0 Å². The Morgan fingerprint density at radius 2 is 1.81 bits per heavy atom. The first-order chi connectivity index (χ1) is 9.81. The predicted octanol–water partition coefficient (Wildman–Crippen LogP) is 1.70. The minimum atomic E-state index is -1.10. The molecular formula is C15H19NO5. The number of benzene rings is 1. The molecule has 1 aromatic rings. The maximum atomic E-state index is 11.9. The van der Waals surface area contributed by atoms with Gasteiger partial charge in [0.15, 0.2) is 0 Å². The third kappa shape index (κ3) is 5.25. The van der Waals surface area contributed by atoms with E-state index in [0.29, 0.717) is 0 Å². The molecule has 0 spiro atoms. The Labute approximate surface area is 123 Å². The zero-order valence-corrected chi connectivity index (χ0v) is 12.3. The summed E-state index contributed by atoms with van der Waals surface area (Å²) in [7, 11) is 0. The Hall–Kier alpha value is -2.37. The maximum absolute atomic E-state index is 11.9. The van der Waals surface area contributed by atoms with Crippen molar-refractivity contribution in [3.63, 3.8) is 0 Å². The van der Waals surface area contributed by atoms with E-state index in [9.17, 15) is 14.4 Å². The Balaban J connectivity index is 2.59. The van der Waals surface area contributed by atoms with Gasteiger partial charge in [-0.05, 0) is 32.0 Å². The number of nitrogens with one attached hydrogen (secondary N) is 1.